The van der Waals surface area contributed by atoms with E-state index in [1.54, 1.807) is 59.5 Å². The first-order valence-electron chi connectivity index (χ1n) is 12.0. The molecule has 3 aromatic carbocycles. The van der Waals surface area contributed by atoms with E-state index in [2.05, 4.69) is 5.32 Å². The summed E-state index contributed by atoms with van der Waals surface area (Å²) in [7, 11) is 0. The van der Waals surface area contributed by atoms with Gasteiger partial charge in [-0.05, 0) is 48.9 Å². The Morgan fingerprint density at radius 2 is 1.68 bits per heavy atom. The lowest BCUT2D eigenvalue weighted by Crippen LogP contribution is -2.50. The largest absolute Gasteiger partial charge is 0.422 e. The molecule has 2 N–H and O–H groups in total. The number of halogens is 2. The molecule has 38 heavy (non-hydrogen) atoms. The predicted octanol–water partition coefficient (Wildman–Crippen LogP) is 4.64. The summed E-state index contributed by atoms with van der Waals surface area (Å²) in [6, 6.07) is 19.3. The highest BCUT2D eigenvalue weighted by Gasteiger charge is 2.56. The molecule has 9 heteroatoms. The fourth-order valence-electron chi connectivity index (χ4n) is 5.23. The number of rotatable bonds is 3. The van der Waals surface area contributed by atoms with E-state index in [0.717, 1.165) is 0 Å². The summed E-state index contributed by atoms with van der Waals surface area (Å²) >= 11 is 12.2. The van der Waals surface area contributed by atoms with Gasteiger partial charge in [-0.25, -0.2) is 4.79 Å². The first-order chi connectivity index (χ1) is 18.3. The first kappa shape index (κ1) is 24.4. The highest BCUT2D eigenvalue weighted by atomic mass is 35.5. The van der Waals surface area contributed by atoms with E-state index in [9.17, 15) is 19.5 Å². The van der Waals surface area contributed by atoms with E-state index in [-0.39, 0.29) is 33.0 Å². The Morgan fingerprint density at radius 1 is 0.974 bits per heavy atom. The molecule has 1 atom stereocenters. The monoisotopic (exact) mass is 546 g/mol. The lowest BCUT2D eigenvalue weighted by molar-refractivity contribution is -0.130. The van der Waals surface area contributed by atoms with Crippen LogP contribution in [0.2, 0.25) is 10.0 Å². The molecule has 0 amide bonds. The average molecular weight is 547 g/mol. The quantitative estimate of drug-likeness (QED) is 0.162. The molecule has 1 unspecified atom stereocenters. The van der Waals surface area contributed by atoms with E-state index in [0.29, 0.717) is 35.9 Å². The second-order valence-corrected chi connectivity index (χ2v) is 10.0. The van der Waals surface area contributed by atoms with Crippen molar-refractivity contribution < 1.29 is 24.2 Å². The number of nitrogens with one attached hydrogen (secondary N) is 1. The van der Waals surface area contributed by atoms with Crippen molar-refractivity contribution in [3.63, 3.8) is 0 Å². The van der Waals surface area contributed by atoms with Crippen molar-refractivity contribution in [1.29, 1.82) is 0 Å². The fourth-order valence-corrected chi connectivity index (χ4v) is 5.52. The van der Waals surface area contributed by atoms with Gasteiger partial charge in [-0.15, -0.1) is 0 Å². The maximum absolute atomic E-state index is 14.1. The van der Waals surface area contributed by atoms with Crippen LogP contribution in [0.1, 0.15) is 32.7 Å². The van der Waals surface area contributed by atoms with Gasteiger partial charge in [-0.2, -0.15) is 0 Å². The topological polar surface area (TPSA) is 95.9 Å². The molecule has 0 bridgehead atoms. The van der Waals surface area contributed by atoms with Crippen LogP contribution in [0.5, 0.6) is 5.75 Å². The van der Waals surface area contributed by atoms with E-state index in [1.807, 2.05) is 0 Å². The van der Waals surface area contributed by atoms with Gasteiger partial charge in [0.25, 0.3) is 0 Å². The molecule has 0 aromatic heterocycles. The number of carbonyl (C=O) groups is 3. The summed E-state index contributed by atoms with van der Waals surface area (Å²) in [5, 5.41) is 16.5. The van der Waals surface area contributed by atoms with Crippen molar-refractivity contribution in [1.82, 2.24) is 10.2 Å². The Balaban J connectivity index is 1.68. The van der Waals surface area contributed by atoms with Crippen LogP contribution in [0.3, 0.4) is 0 Å². The molecule has 0 saturated carbocycles. The number of ketones is 2. The minimum atomic E-state index is -2.01. The molecule has 3 heterocycles. The number of ether oxygens (including phenoxy) is 1. The second-order valence-electron chi connectivity index (χ2n) is 9.14. The molecule has 3 aliphatic heterocycles. The number of benzene rings is 3. The standard InChI is InChI=1S/C29H20Cl2N2O5/c30-18-9-7-16(8-10-18)25(34)22-24(23-26(35)20-15-19(31)11-12-21(20)38-28(23)36)29(37,17-5-2-1-3-6-17)33-14-4-13-32-27(22)33/h1-3,5-12,15,32,37H,4,13-14H2/b24-23+. The minimum Gasteiger partial charge on any atom is -0.422 e. The van der Waals surface area contributed by atoms with Crippen molar-refractivity contribution in [3.8, 4) is 5.75 Å². The van der Waals surface area contributed by atoms with Crippen LogP contribution in [0.25, 0.3) is 0 Å². The van der Waals surface area contributed by atoms with Gasteiger partial charge in [0.1, 0.15) is 17.1 Å². The number of nitrogens with zero attached hydrogens (tertiary/aromatic N) is 1. The number of hydrogen-bond acceptors (Lipinski definition) is 7. The molecule has 7 nitrogen and oxygen atoms in total. The zero-order chi connectivity index (χ0) is 26.6. The van der Waals surface area contributed by atoms with Gasteiger partial charge >= 0.3 is 5.97 Å². The maximum Gasteiger partial charge on any atom is 0.348 e. The SMILES string of the molecule is O=C1Oc2ccc(Cl)cc2C(=O)/C1=C1/C(C(=O)c2ccc(Cl)cc2)=C2NCCCN2C1(O)c1ccccc1. The summed E-state index contributed by atoms with van der Waals surface area (Å²) in [5.41, 5.74) is -1.82. The number of carbonyl (C=O) groups excluding carboxylic acids is 3. The fraction of sp³-hybridized carbons (Fsp3) is 0.138. The maximum atomic E-state index is 14.1. The molecule has 3 aliphatic rings. The van der Waals surface area contributed by atoms with Crippen molar-refractivity contribution in [3.05, 3.63) is 122 Å². The highest BCUT2D eigenvalue weighted by molar-refractivity contribution is 6.34. The van der Waals surface area contributed by atoms with E-state index in [1.165, 1.54) is 18.2 Å². The molecule has 1 saturated heterocycles. The summed E-state index contributed by atoms with van der Waals surface area (Å²) < 4.78 is 5.54. The average Bonchev–Trinajstić information content (AvgIpc) is 3.19. The number of hydrogen-bond donors (Lipinski definition) is 2. The summed E-state index contributed by atoms with van der Waals surface area (Å²) in [6.07, 6.45) is 0.653. The van der Waals surface area contributed by atoms with Gasteiger partial charge in [0.05, 0.1) is 11.1 Å². The normalized spacial score (nSPS) is 22.6. The van der Waals surface area contributed by atoms with E-state index >= 15 is 0 Å². The van der Waals surface area contributed by atoms with Gasteiger partial charge in [0.2, 0.25) is 5.78 Å². The van der Waals surface area contributed by atoms with Crippen molar-refractivity contribution >= 4 is 40.7 Å². The molecular formula is C29H20Cl2N2O5. The number of aliphatic hydroxyl groups is 1. The Morgan fingerprint density at radius 3 is 2.42 bits per heavy atom. The van der Waals surface area contributed by atoms with Crippen LogP contribution in [-0.4, -0.2) is 40.6 Å². The van der Waals surface area contributed by atoms with Gasteiger partial charge in [0.15, 0.2) is 11.5 Å². The summed E-state index contributed by atoms with van der Waals surface area (Å²) in [4.78, 5) is 43.1. The molecule has 0 spiro atoms. The summed E-state index contributed by atoms with van der Waals surface area (Å²) in [6.45, 7) is 0.904. The van der Waals surface area contributed by atoms with Crippen LogP contribution in [-0.2, 0) is 10.5 Å². The number of Topliss-reactive ketones (excluding diaryl/α,β-unsaturated/α-hetero) is 2. The Hall–Kier alpha value is -3.91. The summed E-state index contributed by atoms with van der Waals surface area (Å²) in [5.74, 6) is -1.74. The predicted molar refractivity (Wildman–Crippen MR) is 141 cm³/mol. The van der Waals surface area contributed by atoms with Gasteiger partial charge in [-0.1, -0.05) is 53.5 Å². The third-order valence-corrected chi connectivity index (χ3v) is 7.41. The van der Waals surface area contributed by atoms with Crippen LogP contribution >= 0.6 is 23.2 Å². The first-order valence-corrected chi connectivity index (χ1v) is 12.7. The molecular weight excluding hydrogens is 527 g/mol. The van der Waals surface area contributed by atoms with Crippen LogP contribution in [0, 0.1) is 0 Å². The van der Waals surface area contributed by atoms with E-state index in [4.69, 9.17) is 27.9 Å². The zero-order valence-corrected chi connectivity index (χ0v) is 21.3. The lowest BCUT2D eigenvalue weighted by Gasteiger charge is -2.41. The highest BCUT2D eigenvalue weighted by Crippen LogP contribution is 2.50. The van der Waals surface area contributed by atoms with Crippen molar-refractivity contribution in [2.75, 3.05) is 13.1 Å². The van der Waals surface area contributed by atoms with Crippen molar-refractivity contribution in [2.45, 2.75) is 12.1 Å². The van der Waals surface area contributed by atoms with Crippen LogP contribution in [0.4, 0.5) is 0 Å². The van der Waals surface area contributed by atoms with Gasteiger partial charge in [0, 0.05) is 39.8 Å². The minimum absolute atomic E-state index is 0.0177. The van der Waals surface area contributed by atoms with E-state index < -0.39 is 28.8 Å². The van der Waals surface area contributed by atoms with Crippen LogP contribution < -0.4 is 10.1 Å². The molecule has 6 rings (SSSR count). The molecule has 0 radical (unpaired) electrons. The number of esters is 1. The Bertz CT molecular complexity index is 1580. The lowest BCUT2D eigenvalue weighted by atomic mass is 9.82. The zero-order valence-electron chi connectivity index (χ0n) is 19.8. The molecule has 0 aliphatic carbocycles. The van der Waals surface area contributed by atoms with Gasteiger partial charge in [-0.3, -0.25) is 9.59 Å². The third kappa shape index (κ3) is 3.66. The van der Waals surface area contributed by atoms with Crippen LogP contribution in [0.15, 0.2) is 95.3 Å². The molecule has 1 fully saturated rings. The smallest absolute Gasteiger partial charge is 0.348 e. The Kier molecular flexibility index (Phi) is 5.87. The van der Waals surface area contributed by atoms with Gasteiger partial charge < -0.3 is 20.1 Å². The molecule has 190 valence electrons. The molecule has 3 aromatic rings. The Labute approximate surface area is 227 Å². The third-order valence-electron chi connectivity index (χ3n) is 6.93. The number of fused-ring (bicyclic) bond motifs is 2. The second kappa shape index (κ2) is 9.13. The van der Waals surface area contributed by atoms with Crippen molar-refractivity contribution in [2.24, 2.45) is 0 Å².